The Balaban J connectivity index is 1.93. The van der Waals surface area contributed by atoms with Gasteiger partial charge in [0, 0.05) is 18.5 Å². The fourth-order valence-electron chi connectivity index (χ4n) is 2.63. The van der Waals surface area contributed by atoms with E-state index in [-0.39, 0.29) is 11.9 Å². The molecule has 0 spiro atoms. The Kier molecular flexibility index (Phi) is 3.27. The van der Waals surface area contributed by atoms with Crippen LogP contribution in [-0.2, 0) is 6.42 Å². The van der Waals surface area contributed by atoms with Gasteiger partial charge in [0.25, 0.3) is 0 Å². The molecule has 19 heavy (non-hydrogen) atoms. The van der Waals surface area contributed by atoms with E-state index in [1.165, 1.54) is 18.9 Å². The van der Waals surface area contributed by atoms with Gasteiger partial charge in [-0.1, -0.05) is 6.07 Å². The second-order valence-corrected chi connectivity index (χ2v) is 5.61. The number of fused-ring (bicyclic) bond motifs is 1. The molecule has 0 bridgehead atoms. The lowest BCUT2D eigenvalue weighted by atomic mass is 10.1. The van der Waals surface area contributed by atoms with E-state index in [1.807, 2.05) is 13.0 Å². The van der Waals surface area contributed by atoms with E-state index in [0.29, 0.717) is 11.6 Å². The molecule has 1 fully saturated rings. The van der Waals surface area contributed by atoms with Gasteiger partial charge < -0.3 is 10.3 Å². The first-order valence-corrected chi connectivity index (χ1v) is 7.07. The number of imidazole rings is 1. The molecule has 2 N–H and O–H groups in total. The Hall–Kier alpha value is -1.42. The molecule has 1 aliphatic carbocycles. The average molecular weight is 261 g/mol. The van der Waals surface area contributed by atoms with Crippen molar-refractivity contribution in [3.05, 3.63) is 29.8 Å². The molecule has 3 nitrogen and oxygen atoms in total. The van der Waals surface area contributed by atoms with Gasteiger partial charge in [0.2, 0.25) is 0 Å². The van der Waals surface area contributed by atoms with E-state index in [4.69, 9.17) is 5.73 Å². The van der Waals surface area contributed by atoms with Crippen molar-refractivity contribution >= 4 is 11.0 Å². The number of para-hydroxylation sites is 1. The summed E-state index contributed by atoms with van der Waals surface area (Å²) in [4.78, 5) is 4.52. The zero-order valence-electron chi connectivity index (χ0n) is 11.3. The molecule has 1 heterocycles. The number of aromatic nitrogens is 2. The molecule has 1 unspecified atom stereocenters. The molecule has 1 atom stereocenters. The molecular weight excluding hydrogens is 241 g/mol. The number of aryl methyl sites for hydroxylation is 1. The highest BCUT2D eigenvalue weighted by molar-refractivity contribution is 5.77. The summed E-state index contributed by atoms with van der Waals surface area (Å²) in [5.41, 5.74) is 7.24. The summed E-state index contributed by atoms with van der Waals surface area (Å²) in [6.45, 7) is 2.02. The maximum atomic E-state index is 13.8. The Morgan fingerprint density at radius 3 is 2.95 bits per heavy atom. The van der Waals surface area contributed by atoms with Crippen LogP contribution in [-0.4, -0.2) is 15.6 Å². The van der Waals surface area contributed by atoms with Crippen LogP contribution in [0.1, 0.15) is 44.5 Å². The minimum absolute atomic E-state index is 0.217. The third-order valence-corrected chi connectivity index (χ3v) is 3.72. The van der Waals surface area contributed by atoms with Crippen LogP contribution in [0.4, 0.5) is 4.39 Å². The highest BCUT2D eigenvalue weighted by Gasteiger charge is 2.28. The van der Waals surface area contributed by atoms with Crippen LogP contribution >= 0.6 is 0 Å². The third kappa shape index (κ3) is 2.50. The number of nitrogens with zero attached hydrogens (tertiary/aromatic N) is 2. The van der Waals surface area contributed by atoms with Gasteiger partial charge in [-0.15, -0.1) is 0 Å². The highest BCUT2D eigenvalue weighted by Crippen LogP contribution is 2.39. The molecular formula is C15H20FN3. The van der Waals surface area contributed by atoms with Crippen LogP contribution < -0.4 is 5.73 Å². The minimum Gasteiger partial charge on any atom is -0.328 e. The quantitative estimate of drug-likeness (QED) is 0.898. The van der Waals surface area contributed by atoms with E-state index in [2.05, 4.69) is 9.55 Å². The SMILES string of the molecule is CC(N)CCCc1nc2c(F)cccc2n1C1CC1. The highest BCUT2D eigenvalue weighted by atomic mass is 19.1. The molecule has 0 amide bonds. The number of hydrogen-bond donors (Lipinski definition) is 1. The molecule has 1 aliphatic rings. The van der Waals surface area contributed by atoms with E-state index >= 15 is 0 Å². The first-order chi connectivity index (χ1) is 9.16. The molecule has 4 heteroatoms. The summed E-state index contributed by atoms with van der Waals surface area (Å²) in [7, 11) is 0. The van der Waals surface area contributed by atoms with Crippen LogP contribution in [0.15, 0.2) is 18.2 Å². The summed E-state index contributed by atoms with van der Waals surface area (Å²) in [6, 6.07) is 5.97. The van der Waals surface area contributed by atoms with Gasteiger partial charge >= 0.3 is 0 Å². The topological polar surface area (TPSA) is 43.8 Å². The van der Waals surface area contributed by atoms with E-state index in [1.54, 1.807) is 6.07 Å². The molecule has 102 valence electrons. The standard InChI is InChI=1S/C15H20FN3/c1-10(17)4-2-7-14-18-15-12(16)5-3-6-13(15)19(14)11-8-9-11/h3,5-6,10-11H,2,4,7-9,17H2,1H3. The van der Waals surface area contributed by atoms with Crippen LogP contribution in [0.25, 0.3) is 11.0 Å². The maximum Gasteiger partial charge on any atom is 0.151 e. The lowest BCUT2D eigenvalue weighted by Gasteiger charge is -2.08. The van der Waals surface area contributed by atoms with Gasteiger partial charge in [0.15, 0.2) is 5.82 Å². The van der Waals surface area contributed by atoms with Gasteiger partial charge in [-0.3, -0.25) is 0 Å². The van der Waals surface area contributed by atoms with Gasteiger partial charge in [0.1, 0.15) is 11.3 Å². The maximum absolute atomic E-state index is 13.8. The van der Waals surface area contributed by atoms with Crippen molar-refractivity contribution in [2.24, 2.45) is 5.73 Å². The van der Waals surface area contributed by atoms with Crippen LogP contribution in [0.3, 0.4) is 0 Å². The van der Waals surface area contributed by atoms with Crippen molar-refractivity contribution in [2.45, 2.75) is 51.1 Å². The van der Waals surface area contributed by atoms with Crippen molar-refractivity contribution in [2.75, 3.05) is 0 Å². The first kappa shape index (κ1) is 12.6. The van der Waals surface area contributed by atoms with E-state index < -0.39 is 0 Å². The molecule has 0 aliphatic heterocycles. The third-order valence-electron chi connectivity index (χ3n) is 3.72. The van der Waals surface area contributed by atoms with Crippen LogP contribution in [0.5, 0.6) is 0 Å². The number of rotatable bonds is 5. The van der Waals surface area contributed by atoms with Gasteiger partial charge in [0.05, 0.1) is 5.52 Å². The smallest absolute Gasteiger partial charge is 0.151 e. The summed E-state index contributed by atoms with van der Waals surface area (Å²) < 4.78 is 16.1. The van der Waals surface area contributed by atoms with Gasteiger partial charge in [-0.25, -0.2) is 9.37 Å². The fraction of sp³-hybridized carbons (Fsp3) is 0.533. The zero-order chi connectivity index (χ0) is 13.4. The van der Waals surface area contributed by atoms with E-state index in [9.17, 15) is 4.39 Å². The van der Waals surface area contributed by atoms with Gasteiger partial charge in [-0.05, 0) is 44.7 Å². The van der Waals surface area contributed by atoms with Gasteiger partial charge in [-0.2, -0.15) is 0 Å². The summed E-state index contributed by atoms with van der Waals surface area (Å²) in [5, 5.41) is 0. The Labute approximate surface area is 112 Å². The second kappa shape index (κ2) is 4.93. The molecule has 1 aromatic heterocycles. The summed E-state index contributed by atoms with van der Waals surface area (Å²) in [6.07, 6.45) is 5.24. The second-order valence-electron chi connectivity index (χ2n) is 5.61. The lowest BCUT2D eigenvalue weighted by Crippen LogP contribution is -2.15. The number of halogens is 1. The monoisotopic (exact) mass is 261 g/mol. The zero-order valence-corrected chi connectivity index (χ0v) is 11.3. The molecule has 2 aromatic rings. The Morgan fingerprint density at radius 2 is 2.26 bits per heavy atom. The molecule has 3 rings (SSSR count). The van der Waals surface area contributed by atoms with E-state index in [0.717, 1.165) is 30.6 Å². The van der Waals surface area contributed by atoms with Crippen molar-refractivity contribution in [1.29, 1.82) is 0 Å². The number of hydrogen-bond acceptors (Lipinski definition) is 2. The van der Waals surface area contributed by atoms with Crippen LogP contribution in [0.2, 0.25) is 0 Å². The summed E-state index contributed by atoms with van der Waals surface area (Å²) >= 11 is 0. The Bertz CT molecular complexity index is 584. The van der Waals surface area contributed by atoms with Crippen molar-refractivity contribution in [3.63, 3.8) is 0 Å². The first-order valence-electron chi connectivity index (χ1n) is 7.07. The minimum atomic E-state index is -0.217. The number of benzene rings is 1. The largest absolute Gasteiger partial charge is 0.328 e. The average Bonchev–Trinajstić information content (AvgIpc) is 3.11. The predicted molar refractivity (Wildman–Crippen MR) is 74.5 cm³/mol. The Morgan fingerprint density at radius 1 is 1.47 bits per heavy atom. The molecule has 1 saturated carbocycles. The van der Waals surface area contributed by atoms with Crippen molar-refractivity contribution in [1.82, 2.24) is 9.55 Å². The fourth-order valence-corrected chi connectivity index (χ4v) is 2.63. The lowest BCUT2D eigenvalue weighted by molar-refractivity contribution is 0.595. The normalized spacial score (nSPS) is 17.0. The molecule has 0 saturated heterocycles. The predicted octanol–water partition coefficient (Wildman–Crippen LogP) is 3.18. The number of nitrogens with two attached hydrogens (primary N) is 1. The van der Waals surface area contributed by atoms with Crippen molar-refractivity contribution < 1.29 is 4.39 Å². The molecule has 1 aromatic carbocycles. The molecule has 0 radical (unpaired) electrons. The van der Waals surface area contributed by atoms with Crippen molar-refractivity contribution in [3.8, 4) is 0 Å². The summed E-state index contributed by atoms with van der Waals surface area (Å²) in [5.74, 6) is 0.800. The van der Waals surface area contributed by atoms with Crippen LogP contribution in [0, 0.1) is 5.82 Å².